The van der Waals surface area contributed by atoms with Crippen molar-refractivity contribution in [3.63, 3.8) is 0 Å². The lowest BCUT2D eigenvalue weighted by atomic mass is 10.0. The summed E-state index contributed by atoms with van der Waals surface area (Å²) in [5, 5.41) is 8.95. The predicted octanol–water partition coefficient (Wildman–Crippen LogP) is 3.36. The highest BCUT2D eigenvalue weighted by Crippen LogP contribution is 2.22. The summed E-state index contributed by atoms with van der Waals surface area (Å²) in [5.41, 5.74) is 1.60. The molecule has 0 bridgehead atoms. The molecule has 1 atom stereocenters. The molecule has 1 N–H and O–H groups in total. The van der Waals surface area contributed by atoms with Crippen molar-refractivity contribution >= 4 is 28.6 Å². The number of aromatic carboxylic acids is 1. The summed E-state index contributed by atoms with van der Waals surface area (Å²) in [6, 6.07) is 6.04. The van der Waals surface area contributed by atoms with Crippen LogP contribution in [0.15, 0.2) is 18.2 Å². The molecule has 0 aliphatic carbocycles. The molecule has 1 saturated heterocycles. The number of hydrogen-bond acceptors (Lipinski definition) is 2. The molecule has 98 valence electrons. The van der Waals surface area contributed by atoms with Crippen molar-refractivity contribution in [2.75, 3.05) is 6.54 Å². The summed E-state index contributed by atoms with van der Waals surface area (Å²) in [6.45, 7) is 4.36. The number of benzene rings is 1. The zero-order valence-electron chi connectivity index (χ0n) is 10.5. The van der Waals surface area contributed by atoms with Crippen molar-refractivity contribution in [2.24, 2.45) is 0 Å². The summed E-state index contributed by atoms with van der Waals surface area (Å²) in [5.74, 6) is -0.856. The molecule has 0 radical (unpaired) electrons. The Morgan fingerprint density at radius 3 is 2.89 bits per heavy atom. The lowest BCUT2D eigenvalue weighted by Gasteiger charge is -2.33. The van der Waals surface area contributed by atoms with Gasteiger partial charge in [-0.25, -0.2) is 4.79 Å². The number of rotatable bonds is 3. The highest BCUT2D eigenvalue weighted by Gasteiger charge is 2.19. The van der Waals surface area contributed by atoms with Crippen LogP contribution in [-0.2, 0) is 6.54 Å². The standard InChI is InChI=1S/C14H18INO2/c1-10-4-2-3-7-16(10)9-12-6-5-11(14(17)18)8-13(12)15/h5-6,8,10H,2-4,7,9H2,1H3,(H,17,18)/t10-/m1/s1. The first-order valence-corrected chi connectivity index (χ1v) is 7.41. The average molecular weight is 359 g/mol. The van der Waals surface area contributed by atoms with Gasteiger partial charge in [-0.2, -0.15) is 0 Å². The van der Waals surface area contributed by atoms with E-state index in [2.05, 4.69) is 34.4 Å². The Balaban J connectivity index is 2.11. The van der Waals surface area contributed by atoms with E-state index in [1.807, 2.05) is 6.07 Å². The van der Waals surface area contributed by atoms with Crippen molar-refractivity contribution < 1.29 is 9.90 Å². The summed E-state index contributed by atoms with van der Waals surface area (Å²) in [6.07, 6.45) is 3.87. The summed E-state index contributed by atoms with van der Waals surface area (Å²) < 4.78 is 1.05. The second-order valence-electron chi connectivity index (χ2n) is 4.93. The van der Waals surface area contributed by atoms with E-state index < -0.39 is 5.97 Å². The first-order valence-electron chi connectivity index (χ1n) is 6.33. The van der Waals surface area contributed by atoms with Gasteiger partial charge in [0.2, 0.25) is 0 Å². The Kier molecular flexibility index (Phi) is 4.61. The summed E-state index contributed by atoms with van der Waals surface area (Å²) in [7, 11) is 0. The fourth-order valence-corrected chi connectivity index (χ4v) is 3.11. The minimum absolute atomic E-state index is 0.370. The molecule has 0 saturated carbocycles. The van der Waals surface area contributed by atoms with Gasteiger partial charge in [0.1, 0.15) is 0 Å². The predicted molar refractivity (Wildman–Crippen MR) is 79.8 cm³/mol. The van der Waals surface area contributed by atoms with E-state index in [-0.39, 0.29) is 0 Å². The van der Waals surface area contributed by atoms with Crippen molar-refractivity contribution in [1.82, 2.24) is 4.90 Å². The molecule has 1 aliphatic heterocycles. The molecule has 4 heteroatoms. The van der Waals surface area contributed by atoms with E-state index in [0.29, 0.717) is 11.6 Å². The average Bonchev–Trinajstić information content (AvgIpc) is 2.34. The Morgan fingerprint density at radius 2 is 2.28 bits per heavy atom. The van der Waals surface area contributed by atoms with Crippen molar-refractivity contribution in [1.29, 1.82) is 0 Å². The van der Waals surface area contributed by atoms with Gasteiger partial charge in [-0.1, -0.05) is 12.5 Å². The van der Waals surface area contributed by atoms with Crippen molar-refractivity contribution in [3.8, 4) is 0 Å². The summed E-state index contributed by atoms with van der Waals surface area (Å²) >= 11 is 2.23. The van der Waals surface area contributed by atoms with Gasteiger partial charge in [0.25, 0.3) is 0 Å². The molecule has 1 fully saturated rings. The van der Waals surface area contributed by atoms with E-state index in [0.717, 1.165) is 16.7 Å². The fraction of sp³-hybridized carbons (Fsp3) is 0.500. The Hall–Kier alpha value is -0.620. The highest BCUT2D eigenvalue weighted by atomic mass is 127. The third-order valence-electron chi connectivity index (χ3n) is 3.61. The minimum Gasteiger partial charge on any atom is -0.478 e. The Morgan fingerprint density at radius 1 is 1.50 bits per heavy atom. The van der Waals surface area contributed by atoms with Crippen LogP contribution in [0.1, 0.15) is 42.1 Å². The zero-order valence-corrected chi connectivity index (χ0v) is 12.7. The van der Waals surface area contributed by atoms with Crippen LogP contribution >= 0.6 is 22.6 Å². The first-order chi connectivity index (χ1) is 8.58. The number of piperidine rings is 1. The van der Waals surface area contributed by atoms with Crippen LogP contribution in [0.25, 0.3) is 0 Å². The maximum Gasteiger partial charge on any atom is 0.335 e. The molecule has 2 rings (SSSR count). The highest BCUT2D eigenvalue weighted by molar-refractivity contribution is 14.1. The lowest BCUT2D eigenvalue weighted by molar-refractivity contribution is 0.0696. The van der Waals surface area contributed by atoms with E-state index in [9.17, 15) is 4.79 Å². The van der Waals surface area contributed by atoms with Crippen LogP contribution in [0.2, 0.25) is 0 Å². The minimum atomic E-state index is -0.856. The van der Waals surface area contributed by atoms with E-state index in [1.165, 1.54) is 24.8 Å². The van der Waals surface area contributed by atoms with Gasteiger partial charge in [0.15, 0.2) is 0 Å². The number of carboxylic acid groups (broad SMARTS) is 1. The zero-order chi connectivity index (χ0) is 13.1. The number of carbonyl (C=O) groups is 1. The third kappa shape index (κ3) is 3.23. The van der Waals surface area contributed by atoms with E-state index in [1.54, 1.807) is 12.1 Å². The normalized spacial score (nSPS) is 20.9. The van der Waals surface area contributed by atoms with Gasteiger partial charge in [-0.15, -0.1) is 0 Å². The van der Waals surface area contributed by atoms with Gasteiger partial charge in [0.05, 0.1) is 5.56 Å². The van der Waals surface area contributed by atoms with Crippen LogP contribution in [0.3, 0.4) is 0 Å². The number of nitrogens with zero attached hydrogens (tertiary/aromatic N) is 1. The van der Waals surface area contributed by atoms with Gasteiger partial charge in [-0.3, -0.25) is 4.90 Å². The maximum absolute atomic E-state index is 10.9. The topological polar surface area (TPSA) is 40.5 Å². The fourth-order valence-electron chi connectivity index (χ4n) is 2.42. The number of hydrogen-bond donors (Lipinski definition) is 1. The van der Waals surface area contributed by atoms with Crippen LogP contribution in [-0.4, -0.2) is 28.6 Å². The van der Waals surface area contributed by atoms with Gasteiger partial charge in [0, 0.05) is 16.2 Å². The van der Waals surface area contributed by atoms with Crippen LogP contribution in [0, 0.1) is 3.57 Å². The number of carboxylic acids is 1. The summed E-state index contributed by atoms with van der Waals surface area (Å²) in [4.78, 5) is 13.4. The number of likely N-dealkylation sites (tertiary alicyclic amines) is 1. The van der Waals surface area contributed by atoms with Crippen LogP contribution in [0.5, 0.6) is 0 Å². The molecular weight excluding hydrogens is 341 g/mol. The smallest absolute Gasteiger partial charge is 0.335 e. The second kappa shape index (κ2) is 6.02. The molecule has 0 aromatic heterocycles. The largest absolute Gasteiger partial charge is 0.478 e. The van der Waals surface area contributed by atoms with Gasteiger partial charge >= 0.3 is 5.97 Å². The molecule has 1 heterocycles. The molecular formula is C14H18INO2. The maximum atomic E-state index is 10.9. The van der Waals surface area contributed by atoms with E-state index >= 15 is 0 Å². The molecule has 1 aromatic rings. The third-order valence-corrected chi connectivity index (χ3v) is 4.62. The lowest BCUT2D eigenvalue weighted by Crippen LogP contribution is -2.36. The van der Waals surface area contributed by atoms with E-state index in [4.69, 9.17) is 5.11 Å². The molecule has 1 aliphatic rings. The second-order valence-corrected chi connectivity index (χ2v) is 6.09. The van der Waals surface area contributed by atoms with Gasteiger partial charge in [-0.05, 0) is 66.6 Å². The Bertz CT molecular complexity index is 447. The van der Waals surface area contributed by atoms with Crippen LogP contribution < -0.4 is 0 Å². The van der Waals surface area contributed by atoms with Gasteiger partial charge < -0.3 is 5.11 Å². The van der Waals surface area contributed by atoms with Crippen LogP contribution in [0.4, 0.5) is 0 Å². The molecule has 18 heavy (non-hydrogen) atoms. The van der Waals surface area contributed by atoms with Crippen molar-refractivity contribution in [3.05, 3.63) is 32.9 Å². The van der Waals surface area contributed by atoms with Crippen molar-refractivity contribution in [2.45, 2.75) is 38.8 Å². The number of halogens is 1. The monoisotopic (exact) mass is 359 g/mol. The quantitative estimate of drug-likeness (QED) is 0.842. The molecule has 0 spiro atoms. The Labute approximate surface area is 121 Å². The SMILES string of the molecule is C[C@@H]1CCCCN1Cc1ccc(C(=O)O)cc1I. The molecule has 3 nitrogen and oxygen atoms in total. The molecule has 1 aromatic carbocycles. The molecule has 0 unspecified atom stereocenters. The molecule has 0 amide bonds. The first kappa shape index (κ1) is 13.8.